The summed E-state index contributed by atoms with van der Waals surface area (Å²) in [5, 5.41) is 3.62. The second-order valence-corrected chi connectivity index (χ2v) is 4.23. The van der Waals surface area contributed by atoms with Gasteiger partial charge in [-0.2, -0.15) is 0 Å². The fourth-order valence-electron chi connectivity index (χ4n) is 2.25. The maximum atomic E-state index is 12.3. The monoisotopic (exact) mass is 202 g/mol. The van der Waals surface area contributed by atoms with E-state index in [1.54, 1.807) is 0 Å². The summed E-state index contributed by atoms with van der Waals surface area (Å²) < 4.78 is 12.3. The van der Waals surface area contributed by atoms with Gasteiger partial charge in [0.2, 0.25) is 0 Å². The van der Waals surface area contributed by atoms with Gasteiger partial charge in [-0.15, -0.1) is 0 Å². The molecule has 2 nitrogen and oxygen atoms in total. The number of nitrogens with zero attached hydrogens (tertiary/aromatic N) is 1. The van der Waals surface area contributed by atoms with Crippen LogP contribution in [0, 0.1) is 0 Å². The Kier molecular flexibility index (Phi) is 4.82. The van der Waals surface area contributed by atoms with Crippen LogP contribution in [0.25, 0.3) is 0 Å². The van der Waals surface area contributed by atoms with E-state index in [0.29, 0.717) is 6.54 Å². The summed E-state index contributed by atoms with van der Waals surface area (Å²) in [5.74, 6) is 0. The second-order valence-electron chi connectivity index (χ2n) is 4.23. The first-order chi connectivity index (χ1) is 6.76. The van der Waals surface area contributed by atoms with Crippen molar-refractivity contribution < 1.29 is 4.39 Å². The lowest BCUT2D eigenvalue weighted by atomic mass is 9.92. The van der Waals surface area contributed by atoms with Crippen molar-refractivity contribution in [3.05, 3.63) is 0 Å². The largest absolute Gasteiger partial charge is 0.310 e. The first kappa shape index (κ1) is 11.9. The molecule has 0 atom stereocenters. The Bertz CT molecular complexity index is 157. The molecule has 1 rings (SSSR count). The molecule has 0 amide bonds. The second kappa shape index (κ2) is 5.66. The van der Waals surface area contributed by atoms with Crippen molar-refractivity contribution in [1.29, 1.82) is 0 Å². The van der Waals surface area contributed by atoms with Crippen LogP contribution in [0.5, 0.6) is 0 Å². The van der Waals surface area contributed by atoms with Crippen LogP contribution < -0.4 is 5.32 Å². The lowest BCUT2D eigenvalue weighted by Crippen LogP contribution is -2.50. The fraction of sp³-hybridized carbons (Fsp3) is 1.00. The SMILES string of the molecule is CCC1(CC)CN(CCF)CCCN1. The molecule has 0 aromatic heterocycles. The Morgan fingerprint density at radius 1 is 1.36 bits per heavy atom. The van der Waals surface area contributed by atoms with Crippen LogP contribution in [0.4, 0.5) is 4.39 Å². The van der Waals surface area contributed by atoms with Gasteiger partial charge in [0, 0.05) is 18.6 Å². The van der Waals surface area contributed by atoms with Gasteiger partial charge < -0.3 is 5.32 Å². The molecule has 14 heavy (non-hydrogen) atoms. The zero-order valence-corrected chi connectivity index (χ0v) is 9.48. The zero-order chi connectivity index (χ0) is 10.4. The molecule has 1 heterocycles. The molecule has 0 aromatic rings. The highest BCUT2D eigenvalue weighted by Crippen LogP contribution is 2.19. The first-order valence-electron chi connectivity index (χ1n) is 5.79. The lowest BCUT2D eigenvalue weighted by molar-refractivity contribution is 0.186. The summed E-state index contributed by atoms with van der Waals surface area (Å²) in [5.41, 5.74) is 0.228. The summed E-state index contributed by atoms with van der Waals surface area (Å²) in [4.78, 5) is 2.26. The minimum Gasteiger partial charge on any atom is -0.310 e. The van der Waals surface area contributed by atoms with Gasteiger partial charge in [0.05, 0.1) is 0 Å². The fourth-order valence-corrected chi connectivity index (χ4v) is 2.25. The van der Waals surface area contributed by atoms with E-state index in [-0.39, 0.29) is 12.2 Å². The summed E-state index contributed by atoms with van der Waals surface area (Å²) in [6.45, 7) is 7.94. The highest BCUT2D eigenvalue weighted by molar-refractivity contribution is 4.90. The van der Waals surface area contributed by atoms with Crippen molar-refractivity contribution >= 4 is 0 Å². The standard InChI is InChI=1S/C11H23FN2/c1-3-11(4-2)10-14(9-6-12)8-5-7-13-11/h13H,3-10H2,1-2H3. The van der Waals surface area contributed by atoms with Crippen molar-refractivity contribution in [1.82, 2.24) is 10.2 Å². The van der Waals surface area contributed by atoms with Crippen molar-refractivity contribution in [2.24, 2.45) is 0 Å². The van der Waals surface area contributed by atoms with Gasteiger partial charge in [0.15, 0.2) is 0 Å². The normalized spacial score (nSPS) is 23.4. The number of hydrogen-bond acceptors (Lipinski definition) is 2. The molecule has 1 aliphatic heterocycles. The Morgan fingerprint density at radius 3 is 2.64 bits per heavy atom. The predicted octanol–water partition coefficient (Wildman–Crippen LogP) is 1.81. The zero-order valence-electron chi connectivity index (χ0n) is 9.48. The maximum Gasteiger partial charge on any atom is 0.102 e. The van der Waals surface area contributed by atoms with E-state index in [2.05, 4.69) is 24.1 Å². The molecule has 0 bridgehead atoms. The molecule has 3 heteroatoms. The van der Waals surface area contributed by atoms with Crippen molar-refractivity contribution in [2.45, 2.75) is 38.6 Å². The molecular formula is C11H23FN2. The quantitative estimate of drug-likeness (QED) is 0.748. The number of halogens is 1. The Morgan fingerprint density at radius 2 is 2.07 bits per heavy atom. The van der Waals surface area contributed by atoms with E-state index in [9.17, 15) is 4.39 Å². The van der Waals surface area contributed by atoms with E-state index in [4.69, 9.17) is 0 Å². The minimum atomic E-state index is -0.219. The third-order valence-electron chi connectivity index (χ3n) is 3.43. The van der Waals surface area contributed by atoms with Gasteiger partial charge in [-0.25, -0.2) is 4.39 Å². The number of alkyl halides is 1. The predicted molar refractivity (Wildman–Crippen MR) is 58.3 cm³/mol. The molecule has 0 spiro atoms. The topological polar surface area (TPSA) is 15.3 Å². The minimum absolute atomic E-state index is 0.219. The van der Waals surface area contributed by atoms with Crippen LogP contribution in [0.3, 0.4) is 0 Å². The summed E-state index contributed by atoms with van der Waals surface area (Å²) in [6, 6.07) is 0. The van der Waals surface area contributed by atoms with Crippen LogP contribution >= 0.6 is 0 Å². The van der Waals surface area contributed by atoms with Gasteiger partial charge in [-0.05, 0) is 32.4 Å². The van der Waals surface area contributed by atoms with E-state index in [0.717, 1.165) is 38.9 Å². The molecule has 1 fully saturated rings. The third-order valence-corrected chi connectivity index (χ3v) is 3.43. The molecule has 0 radical (unpaired) electrons. The smallest absolute Gasteiger partial charge is 0.102 e. The molecule has 0 aliphatic carbocycles. The Labute approximate surface area is 86.9 Å². The highest BCUT2D eigenvalue weighted by atomic mass is 19.1. The van der Waals surface area contributed by atoms with Crippen molar-refractivity contribution in [3.63, 3.8) is 0 Å². The maximum absolute atomic E-state index is 12.3. The van der Waals surface area contributed by atoms with Gasteiger partial charge in [0.1, 0.15) is 6.67 Å². The molecule has 0 unspecified atom stereocenters. The van der Waals surface area contributed by atoms with E-state index >= 15 is 0 Å². The molecule has 1 aliphatic rings. The van der Waals surface area contributed by atoms with E-state index in [1.165, 1.54) is 0 Å². The number of nitrogens with one attached hydrogen (secondary N) is 1. The number of hydrogen-bond donors (Lipinski definition) is 1. The molecular weight excluding hydrogens is 179 g/mol. The van der Waals surface area contributed by atoms with Crippen LogP contribution in [0.15, 0.2) is 0 Å². The van der Waals surface area contributed by atoms with Gasteiger partial charge in [-0.3, -0.25) is 4.90 Å². The summed E-state index contributed by atoms with van der Waals surface area (Å²) >= 11 is 0. The molecule has 1 N–H and O–H groups in total. The molecule has 0 saturated carbocycles. The average molecular weight is 202 g/mol. The van der Waals surface area contributed by atoms with Crippen molar-refractivity contribution in [2.75, 3.05) is 32.9 Å². The Hall–Kier alpha value is -0.150. The lowest BCUT2D eigenvalue weighted by Gasteiger charge is -2.35. The number of rotatable bonds is 4. The van der Waals surface area contributed by atoms with E-state index in [1.807, 2.05) is 0 Å². The first-order valence-corrected chi connectivity index (χ1v) is 5.79. The van der Waals surface area contributed by atoms with E-state index < -0.39 is 0 Å². The molecule has 84 valence electrons. The van der Waals surface area contributed by atoms with Crippen LogP contribution in [-0.4, -0.2) is 43.3 Å². The van der Waals surface area contributed by atoms with Crippen LogP contribution in [-0.2, 0) is 0 Å². The highest BCUT2D eigenvalue weighted by Gasteiger charge is 2.29. The van der Waals surface area contributed by atoms with Crippen molar-refractivity contribution in [3.8, 4) is 0 Å². The Balaban J connectivity index is 2.57. The molecule has 0 aromatic carbocycles. The molecule has 1 saturated heterocycles. The third kappa shape index (κ3) is 2.92. The van der Waals surface area contributed by atoms with Crippen LogP contribution in [0.2, 0.25) is 0 Å². The average Bonchev–Trinajstić information content (AvgIpc) is 2.42. The summed E-state index contributed by atoms with van der Waals surface area (Å²) in [7, 11) is 0. The van der Waals surface area contributed by atoms with Gasteiger partial charge in [0.25, 0.3) is 0 Å². The van der Waals surface area contributed by atoms with Crippen LogP contribution in [0.1, 0.15) is 33.1 Å². The van der Waals surface area contributed by atoms with Gasteiger partial charge in [-0.1, -0.05) is 13.8 Å². The van der Waals surface area contributed by atoms with Gasteiger partial charge >= 0.3 is 0 Å². The summed E-state index contributed by atoms with van der Waals surface area (Å²) in [6.07, 6.45) is 3.40.